The van der Waals surface area contributed by atoms with Crippen LogP contribution in [0.2, 0.25) is 0 Å². The topological polar surface area (TPSA) is 67.6 Å². The summed E-state index contributed by atoms with van der Waals surface area (Å²) in [5.41, 5.74) is 3.52. The number of carbonyl (C=O) groups is 1. The summed E-state index contributed by atoms with van der Waals surface area (Å²) >= 11 is 0. The molecule has 1 heterocycles. The van der Waals surface area contributed by atoms with E-state index in [-0.39, 0.29) is 11.8 Å². The molecule has 0 bridgehead atoms. The largest absolute Gasteiger partial charge is 0.493 e. The number of nitrogens with zero attached hydrogens (tertiary/aromatic N) is 1. The molecular weight excluding hydrogens is 326 g/mol. The lowest BCUT2D eigenvalue weighted by Crippen LogP contribution is -2.42. The van der Waals surface area contributed by atoms with Crippen LogP contribution in [0.1, 0.15) is 32.3 Å². The van der Waals surface area contributed by atoms with Gasteiger partial charge in [-0.3, -0.25) is 15.1 Å². The number of carbonyl (C=O) groups excluding carboxylic acids is 1. The number of benzene rings is 2. The van der Waals surface area contributed by atoms with Gasteiger partial charge in [0.2, 0.25) is 5.91 Å². The molecule has 0 spiro atoms. The van der Waals surface area contributed by atoms with Gasteiger partial charge in [0, 0.05) is 18.0 Å². The van der Waals surface area contributed by atoms with Crippen LogP contribution in [-0.4, -0.2) is 30.5 Å². The van der Waals surface area contributed by atoms with E-state index >= 15 is 0 Å². The van der Waals surface area contributed by atoms with E-state index in [0.717, 1.165) is 38.2 Å². The van der Waals surface area contributed by atoms with Crippen LogP contribution in [0.4, 0.5) is 0 Å². The standard InChI is InChI=1S/C21H29N3O2/c1-15(2)14-26-20-8-7-16-5-3-4-6-18(16)19(20)13-24-11-9-17(10-12-24)21(25)23-22/h3-8,15,17H,9-14,22H2,1-2H3,(H,23,25). The molecule has 5 nitrogen and oxygen atoms in total. The number of nitrogens with one attached hydrogen (secondary N) is 1. The zero-order valence-electron chi connectivity index (χ0n) is 15.7. The molecule has 3 N–H and O–H groups in total. The summed E-state index contributed by atoms with van der Waals surface area (Å²) in [6, 6.07) is 12.7. The third-order valence-electron chi connectivity index (χ3n) is 5.05. The van der Waals surface area contributed by atoms with Crippen LogP contribution in [0.15, 0.2) is 36.4 Å². The second-order valence-electron chi connectivity index (χ2n) is 7.53. The first-order valence-corrected chi connectivity index (χ1v) is 9.44. The first kappa shape index (κ1) is 18.7. The fraction of sp³-hybridized carbons (Fsp3) is 0.476. The van der Waals surface area contributed by atoms with E-state index in [1.165, 1.54) is 16.3 Å². The van der Waals surface area contributed by atoms with Gasteiger partial charge in [-0.05, 0) is 48.7 Å². The van der Waals surface area contributed by atoms with E-state index in [4.69, 9.17) is 10.6 Å². The Hall–Kier alpha value is -2.11. The molecule has 0 radical (unpaired) electrons. The van der Waals surface area contributed by atoms with E-state index in [0.29, 0.717) is 12.5 Å². The Morgan fingerprint density at radius 3 is 2.65 bits per heavy atom. The minimum atomic E-state index is -0.0456. The van der Waals surface area contributed by atoms with Crippen molar-refractivity contribution in [3.63, 3.8) is 0 Å². The highest BCUT2D eigenvalue weighted by molar-refractivity contribution is 5.87. The molecule has 2 aromatic rings. The molecule has 0 atom stereocenters. The number of amides is 1. The third kappa shape index (κ3) is 4.34. The lowest BCUT2D eigenvalue weighted by atomic mass is 9.95. The Balaban J connectivity index is 1.79. The number of ether oxygens (including phenoxy) is 1. The number of piperidine rings is 1. The SMILES string of the molecule is CC(C)COc1ccc2ccccc2c1CN1CCC(C(=O)NN)CC1. The maximum absolute atomic E-state index is 11.7. The molecular formula is C21H29N3O2. The quantitative estimate of drug-likeness (QED) is 0.475. The van der Waals surface area contributed by atoms with Crippen LogP contribution in [0.3, 0.4) is 0 Å². The Labute approximate surface area is 155 Å². The molecule has 1 aliphatic rings. The average Bonchev–Trinajstić information content (AvgIpc) is 2.67. The van der Waals surface area contributed by atoms with Gasteiger partial charge in [-0.2, -0.15) is 0 Å². The van der Waals surface area contributed by atoms with Gasteiger partial charge in [0.1, 0.15) is 5.75 Å². The summed E-state index contributed by atoms with van der Waals surface area (Å²) in [4.78, 5) is 14.1. The highest BCUT2D eigenvalue weighted by Gasteiger charge is 2.25. The Morgan fingerprint density at radius 1 is 1.23 bits per heavy atom. The molecule has 1 amide bonds. The van der Waals surface area contributed by atoms with E-state index in [1.54, 1.807) is 0 Å². The molecule has 26 heavy (non-hydrogen) atoms. The van der Waals surface area contributed by atoms with Gasteiger partial charge in [-0.15, -0.1) is 0 Å². The van der Waals surface area contributed by atoms with Gasteiger partial charge in [0.15, 0.2) is 0 Å². The number of fused-ring (bicyclic) bond motifs is 1. The van der Waals surface area contributed by atoms with Crippen molar-refractivity contribution >= 4 is 16.7 Å². The monoisotopic (exact) mass is 355 g/mol. The Morgan fingerprint density at radius 2 is 1.96 bits per heavy atom. The third-order valence-corrected chi connectivity index (χ3v) is 5.05. The first-order valence-electron chi connectivity index (χ1n) is 9.44. The lowest BCUT2D eigenvalue weighted by molar-refractivity contribution is -0.126. The van der Waals surface area contributed by atoms with Crippen LogP contribution in [0, 0.1) is 11.8 Å². The van der Waals surface area contributed by atoms with Gasteiger partial charge < -0.3 is 4.74 Å². The van der Waals surface area contributed by atoms with Gasteiger partial charge in [-0.1, -0.05) is 44.2 Å². The van der Waals surface area contributed by atoms with Gasteiger partial charge >= 0.3 is 0 Å². The summed E-state index contributed by atoms with van der Waals surface area (Å²) < 4.78 is 6.12. The van der Waals surface area contributed by atoms with Crippen molar-refractivity contribution in [2.24, 2.45) is 17.7 Å². The molecule has 3 rings (SSSR count). The lowest BCUT2D eigenvalue weighted by Gasteiger charge is -2.31. The number of likely N-dealkylation sites (tertiary alicyclic amines) is 1. The van der Waals surface area contributed by atoms with Crippen LogP contribution >= 0.6 is 0 Å². The molecule has 0 aliphatic carbocycles. The van der Waals surface area contributed by atoms with E-state index in [9.17, 15) is 4.79 Å². The summed E-state index contributed by atoms with van der Waals surface area (Å²) in [5, 5.41) is 2.48. The van der Waals surface area contributed by atoms with Crippen LogP contribution in [0.5, 0.6) is 5.75 Å². The number of hydrazine groups is 1. The summed E-state index contributed by atoms with van der Waals surface area (Å²) in [6.45, 7) is 7.66. The number of rotatable bonds is 6. The predicted molar refractivity (Wildman–Crippen MR) is 105 cm³/mol. The number of hydrogen-bond acceptors (Lipinski definition) is 4. The van der Waals surface area contributed by atoms with E-state index in [2.05, 4.69) is 60.6 Å². The Bertz CT molecular complexity index is 752. The zero-order chi connectivity index (χ0) is 18.5. The van der Waals surface area contributed by atoms with Gasteiger partial charge in [0.05, 0.1) is 6.61 Å². The molecule has 140 valence electrons. The van der Waals surface area contributed by atoms with Crippen molar-refractivity contribution in [2.75, 3.05) is 19.7 Å². The summed E-state index contributed by atoms with van der Waals surface area (Å²) in [7, 11) is 0. The summed E-state index contributed by atoms with van der Waals surface area (Å²) in [5.74, 6) is 6.71. The molecule has 1 saturated heterocycles. The molecule has 1 aliphatic heterocycles. The minimum absolute atomic E-state index is 0.0282. The van der Waals surface area contributed by atoms with Crippen molar-refractivity contribution in [2.45, 2.75) is 33.2 Å². The van der Waals surface area contributed by atoms with E-state index < -0.39 is 0 Å². The average molecular weight is 355 g/mol. The van der Waals surface area contributed by atoms with Crippen LogP contribution in [-0.2, 0) is 11.3 Å². The first-order chi connectivity index (χ1) is 12.6. The van der Waals surface area contributed by atoms with E-state index in [1.807, 2.05) is 0 Å². The van der Waals surface area contributed by atoms with Crippen molar-refractivity contribution < 1.29 is 9.53 Å². The molecule has 2 aromatic carbocycles. The molecule has 5 heteroatoms. The van der Waals surface area contributed by atoms with Gasteiger partial charge in [-0.25, -0.2) is 5.84 Å². The fourth-order valence-electron chi connectivity index (χ4n) is 3.57. The second kappa shape index (κ2) is 8.52. The number of nitrogens with two attached hydrogens (primary N) is 1. The maximum Gasteiger partial charge on any atom is 0.237 e. The Kier molecular flexibility index (Phi) is 6.12. The second-order valence-corrected chi connectivity index (χ2v) is 7.53. The number of hydrogen-bond donors (Lipinski definition) is 2. The fourth-order valence-corrected chi connectivity index (χ4v) is 3.57. The van der Waals surface area contributed by atoms with Crippen molar-refractivity contribution in [1.82, 2.24) is 10.3 Å². The maximum atomic E-state index is 11.7. The molecule has 0 aromatic heterocycles. The van der Waals surface area contributed by atoms with Crippen molar-refractivity contribution in [3.8, 4) is 5.75 Å². The smallest absolute Gasteiger partial charge is 0.237 e. The molecule has 1 fully saturated rings. The van der Waals surface area contributed by atoms with Crippen molar-refractivity contribution in [1.29, 1.82) is 0 Å². The highest BCUT2D eigenvalue weighted by Crippen LogP contribution is 2.31. The predicted octanol–water partition coefficient (Wildman–Crippen LogP) is 3.08. The zero-order valence-corrected chi connectivity index (χ0v) is 15.7. The van der Waals surface area contributed by atoms with Crippen molar-refractivity contribution in [3.05, 3.63) is 42.0 Å². The molecule has 0 saturated carbocycles. The van der Waals surface area contributed by atoms with Crippen LogP contribution < -0.4 is 16.0 Å². The summed E-state index contributed by atoms with van der Waals surface area (Å²) in [6.07, 6.45) is 1.69. The van der Waals surface area contributed by atoms with Gasteiger partial charge in [0.25, 0.3) is 0 Å². The highest BCUT2D eigenvalue weighted by atomic mass is 16.5. The molecule has 0 unspecified atom stereocenters. The normalized spacial score (nSPS) is 16.2. The minimum Gasteiger partial charge on any atom is -0.493 e. The van der Waals surface area contributed by atoms with Crippen LogP contribution in [0.25, 0.3) is 10.8 Å².